The van der Waals surface area contributed by atoms with Crippen LogP contribution in [0, 0.1) is 11.8 Å². The lowest BCUT2D eigenvalue weighted by atomic mass is 9.88. The third-order valence-electron chi connectivity index (χ3n) is 3.56. The first-order valence-corrected chi connectivity index (χ1v) is 7.36. The SMILES string of the molecule is CC1OC(C)C(C(=O)N(CCBr)CC(F)(F)F)C1C. The Hall–Kier alpha value is -0.300. The molecule has 4 atom stereocenters. The van der Waals surface area contributed by atoms with Crippen molar-refractivity contribution >= 4 is 21.8 Å². The first-order valence-electron chi connectivity index (χ1n) is 6.24. The smallest absolute Gasteiger partial charge is 0.374 e. The molecule has 0 bridgehead atoms. The second-order valence-corrected chi connectivity index (χ2v) is 5.79. The highest BCUT2D eigenvalue weighted by Gasteiger charge is 2.45. The molecule has 1 amide bonds. The molecule has 1 rings (SSSR count). The summed E-state index contributed by atoms with van der Waals surface area (Å²) >= 11 is 3.08. The Labute approximate surface area is 119 Å². The zero-order chi connectivity index (χ0) is 14.8. The summed E-state index contributed by atoms with van der Waals surface area (Å²) in [7, 11) is 0. The van der Waals surface area contributed by atoms with Gasteiger partial charge in [-0.05, 0) is 19.8 Å². The highest BCUT2D eigenvalue weighted by Crippen LogP contribution is 2.34. The van der Waals surface area contributed by atoms with E-state index >= 15 is 0 Å². The summed E-state index contributed by atoms with van der Waals surface area (Å²) in [6.07, 6.45) is -4.83. The Morgan fingerprint density at radius 3 is 2.21 bits per heavy atom. The van der Waals surface area contributed by atoms with Crippen molar-refractivity contribution in [2.75, 3.05) is 18.4 Å². The number of carbonyl (C=O) groups excluding carboxylic acids is 1. The number of halogens is 4. The Balaban J connectivity index is 2.81. The van der Waals surface area contributed by atoms with Crippen molar-refractivity contribution in [2.45, 2.75) is 39.2 Å². The van der Waals surface area contributed by atoms with Crippen LogP contribution >= 0.6 is 15.9 Å². The molecule has 0 N–H and O–H groups in total. The van der Waals surface area contributed by atoms with Crippen LogP contribution in [0.4, 0.5) is 13.2 Å². The number of alkyl halides is 4. The second-order valence-electron chi connectivity index (χ2n) is 5.00. The molecule has 112 valence electrons. The second kappa shape index (κ2) is 6.43. The molecule has 0 aromatic heterocycles. The number of rotatable bonds is 4. The Morgan fingerprint density at radius 2 is 1.84 bits per heavy atom. The van der Waals surface area contributed by atoms with Gasteiger partial charge in [-0.15, -0.1) is 0 Å². The largest absolute Gasteiger partial charge is 0.406 e. The fraction of sp³-hybridized carbons (Fsp3) is 0.917. The number of hydrogen-bond acceptors (Lipinski definition) is 2. The van der Waals surface area contributed by atoms with Crippen LogP contribution in [-0.4, -0.2) is 47.6 Å². The van der Waals surface area contributed by atoms with E-state index in [1.807, 2.05) is 13.8 Å². The van der Waals surface area contributed by atoms with Crippen LogP contribution in [0.5, 0.6) is 0 Å². The molecule has 0 aromatic rings. The molecular formula is C12H19BrF3NO2. The summed E-state index contributed by atoms with van der Waals surface area (Å²) in [4.78, 5) is 13.2. The fourth-order valence-corrected chi connectivity index (χ4v) is 2.92. The highest BCUT2D eigenvalue weighted by atomic mass is 79.9. The predicted molar refractivity (Wildman–Crippen MR) is 69.1 cm³/mol. The summed E-state index contributed by atoms with van der Waals surface area (Å²) < 4.78 is 43.0. The molecule has 1 saturated heterocycles. The average Bonchev–Trinajstić information content (AvgIpc) is 2.50. The van der Waals surface area contributed by atoms with Crippen LogP contribution in [0.25, 0.3) is 0 Å². The van der Waals surface area contributed by atoms with E-state index in [0.29, 0.717) is 5.33 Å². The van der Waals surface area contributed by atoms with Crippen molar-refractivity contribution in [2.24, 2.45) is 11.8 Å². The van der Waals surface area contributed by atoms with Crippen molar-refractivity contribution in [3.8, 4) is 0 Å². The van der Waals surface area contributed by atoms with Gasteiger partial charge in [-0.3, -0.25) is 4.79 Å². The third kappa shape index (κ3) is 4.34. The van der Waals surface area contributed by atoms with E-state index in [0.717, 1.165) is 4.90 Å². The summed E-state index contributed by atoms with van der Waals surface area (Å²) in [6, 6.07) is 0. The van der Waals surface area contributed by atoms with Crippen LogP contribution < -0.4 is 0 Å². The molecular weight excluding hydrogens is 327 g/mol. The Morgan fingerprint density at radius 1 is 1.26 bits per heavy atom. The maximum absolute atomic E-state index is 12.5. The minimum absolute atomic E-state index is 0.0443. The molecule has 7 heteroatoms. The first kappa shape index (κ1) is 16.8. The molecule has 0 radical (unpaired) electrons. The Bertz CT molecular complexity index is 325. The number of hydrogen-bond donors (Lipinski definition) is 0. The molecule has 1 heterocycles. The van der Waals surface area contributed by atoms with Crippen LogP contribution in [0.2, 0.25) is 0 Å². The van der Waals surface area contributed by atoms with Gasteiger partial charge in [0.05, 0.1) is 18.1 Å². The van der Waals surface area contributed by atoms with Gasteiger partial charge in [0.15, 0.2) is 0 Å². The molecule has 0 saturated carbocycles. The maximum atomic E-state index is 12.5. The van der Waals surface area contributed by atoms with E-state index < -0.39 is 24.5 Å². The lowest BCUT2D eigenvalue weighted by molar-refractivity contribution is -0.164. The van der Waals surface area contributed by atoms with E-state index in [4.69, 9.17) is 4.74 Å². The van der Waals surface area contributed by atoms with Gasteiger partial charge in [0.1, 0.15) is 6.54 Å². The summed E-state index contributed by atoms with van der Waals surface area (Å²) in [6.45, 7) is 4.26. The van der Waals surface area contributed by atoms with E-state index in [9.17, 15) is 18.0 Å². The summed E-state index contributed by atoms with van der Waals surface area (Å²) in [5.41, 5.74) is 0. The van der Waals surface area contributed by atoms with Gasteiger partial charge >= 0.3 is 6.18 Å². The van der Waals surface area contributed by atoms with E-state index in [1.54, 1.807) is 6.92 Å². The number of carbonyl (C=O) groups is 1. The highest BCUT2D eigenvalue weighted by molar-refractivity contribution is 9.09. The zero-order valence-corrected chi connectivity index (χ0v) is 12.8. The van der Waals surface area contributed by atoms with E-state index in [1.165, 1.54) is 0 Å². The normalized spacial score (nSPS) is 31.5. The van der Waals surface area contributed by atoms with Gasteiger partial charge in [-0.2, -0.15) is 13.2 Å². The first-order chi connectivity index (χ1) is 8.67. The maximum Gasteiger partial charge on any atom is 0.406 e. The minimum Gasteiger partial charge on any atom is -0.374 e. The van der Waals surface area contributed by atoms with Crippen LogP contribution in [-0.2, 0) is 9.53 Å². The lowest BCUT2D eigenvalue weighted by Crippen LogP contribution is -2.46. The quantitative estimate of drug-likeness (QED) is 0.733. The molecule has 1 fully saturated rings. The fourth-order valence-electron chi connectivity index (χ4n) is 2.49. The predicted octanol–water partition coefficient (Wildman–Crippen LogP) is 2.83. The number of ether oxygens (including phenoxy) is 1. The molecule has 1 aliphatic rings. The molecule has 4 unspecified atom stereocenters. The monoisotopic (exact) mass is 345 g/mol. The lowest BCUT2D eigenvalue weighted by Gasteiger charge is -2.28. The van der Waals surface area contributed by atoms with Crippen molar-refractivity contribution in [3.05, 3.63) is 0 Å². The minimum atomic E-state index is -4.38. The Kier molecular flexibility index (Phi) is 5.67. The van der Waals surface area contributed by atoms with Crippen LogP contribution in [0.1, 0.15) is 20.8 Å². The van der Waals surface area contributed by atoms with Gasteiger partial charge in [-0.25, -0.2) is 0 Å². The van der Waals surface area contributed by atoms with Crippen molar-refractivity contribution < 1.29 is 22.7 Å². The van der Waals surface area contributed by atoms with Crippen LogP contribution in [0.15, 0.2) is 0 Å². The topological polar surface area (TPSA) is 29.5 Å². The van der Waals surface area contributed by atoms with Gasteiger partial charge < -0.3 is 9.64 Å². The standard InChI is InChI=1S/C12H19BrF3NO2/c1-7-8(2)19-9(3)10(7)11(18)17(5-4-13)6-12(14,15)16/h7-10H,4-6H2,1-3H3. The summed E-state index contributed by atoms with van der Waals surface area (Å²) in [5, 5.41) is 0.320. The zero-order valence-electron chi connectivity index (χ0n) is 11.2. The molecule has 0 spiro atoms. The van der Waals surface area contributed by atoms with E-state index in [2.05, 4.69) is 15.9 Å². The van der Waals surface area contributed by atoms with Crippen molar-refractivity contribution in [1.29, 1.82) is 0 Å². The average molecular weight is 346 g/mol. The van der Waals surface area contributed by atoms with Crippen LogP contribution in [0.3, 0.4) is 0 Å². The molecule has 19 heavy (non-hydrogen) atoms. The number of amides is 1. The molecule has 3 nitrogen and oxygen atoms in total. The van der Waals surface area contributed by atoms with Gasteiger partial charge in [0.2, 0.25) is 5.91 Å². The van der Waals surface area contributed by atoms with Gasteiger partial charge in [0, 0.05) is 11.9 Å². The molecule has 0 aliphatic carbocycles. The molecule has 0 aromatic carbocycles. The van der Waals surface area contributed by atoms with Crippen molar-refractivity contribution in [3.63, 3.8) is 0 Å². The van der Waals surface area contributed by atoms with E-state index in [-0.39, 0.29) is 24.7 Å². The van der Waals surface area contributed by atoms with Gasteiger partial charge in [0.25, 0.3) is 0 Å². The number of nitrogens with zero attached hydrogens (tertiary/aromatic N) is 1. The van der Waals surface area contributed by atoms with Crippen molar-refractivity contribution in [1.82, 2.24) is 4.90 Å². The third-order valence-corrected chi connectivity index (χ3v) is 3.92. The van der Waals surface area contributed by atoms with Gasteiger partial charge in [-0.1, -0.05) is 22.9 Å². The molecule has 1 aliphatic heterocycles. The summed E-state index contributed by atoms with van der Waals surface area (Å²) in [5.74, 6) is -1.05.